The summed E-state index contributed by atoms with van der Waals surface area (Å²) in [6, 6.07) is 0. The Morgan fingerprint density at radius 2 is 1.57 bits per heavy atom. The Balaban J connectivity index is 0.00000484. The summed E-state index contributed by atoms with van der Waals surface area (Å²) < 4.78 is 83.9. The maximum Gasteiger partial charge on any atom is 1.00 e. The van der Waals surface area contributed by atoms with Gasteiger partial charge in [-0.25, -0.2) is 0 Å². The minimum Gasteiger partial charge on any atom is -0.768 e. The van der Waals surface area contributed by atoms with E-state index in [1.807, 2.05) is 0 Å². The van der Waals surface area contributed by atoms with Crippen molar-refractivity contribution < 1.29 is 74.9 Å². The number of hydrogen-bond acceptors (Lipinski definition) is 6. The number of methoxy groups -OCH3 is 2. The van der Waals surface area contributed by atoms with E-state index in [0.29, 0.717) is 0 Å². The average molecular weight is 372 g/mol. The molecule has 4 atom stereocenters. The van der Waals surface area contributed by atoms with E-state index in [-0.39, 0.29) is 29.6 Å². The van der Waals surface area contributed by atoms with Crippen LogP contribution in [0.4, 0.5) is 17.6 Å². The number of alkyl halides is 4. The molecule has 0 aromatic carbocycles. The summed E-state index contributed by atoms with van der Waals surface area (Å²) in [6.45, 7) is 0. The zero-order valence-corrected chi connectivity index (χ0v) is 15.3. The number of esters is 2. The second-order valence-electron chi connectivity index (χ2n) is 4.80. The quantitative estimate of drug-likeness (QED) is 0.242. The van der Waals surface area contributed by atoms with Gasteiger partial charge in [-0.1, -0.05) is 0 Å². The van der Waals surface area contributed by atoms with Crippen LogP contribution in [0.5, 0.6) is 0 Å². The van der Waals surface area contributed by atoms with Crippen molar-refractivity contribution in [3.8, 4) is 0 Å². The van der Waals surface area contributed by atoms with Crippen LogP contribution < -0.4 is 29.6 Å². The maximum absolute atomic E-state index is 13.9. The smallest absolute Gasteiger partial charge is 0.768 e. The van der Waals surface area contributed by atoms with Gasteiger partial charge in [-0.05, 0) is 12.8 Å². The molecule has 0 saturated heterocycles. The van der Waals surface area contributed by atoms with Crippen LogP contribution in [0.3, 0.4) is 0 Å². The molecule has 1 saturated carbocycles. The average Bonchev–Trinajstić information content (AvgIpc) is 2.90. The van der Waals surface area contributed by atoms with Gasteiger partial charge in [0, 0.05) is 17.0 Å². The molecule has 1 fully saturated rings. The number of carbonyl (C=O) groups excluding carboxylic acids is 2. The Bertz CT molecular complexity index is 489. The maximum atomic E-state index is 13.9. The molecule has 0 N–H and O–H groups in total. The molecule has 23 heavy (non-hydrogen) atoms. The number of carbonyl (C=O) groups is 2. The summed E-state index contributed by atoms with van der Waals surface area (Å²) in [4.78, 5) is 22.9. The van der Waals surface area contributed by atoms with Crippen LogP contribution in [0.25, 0.3) is 0 Å². The van der Waals surface area contributed by atoms with E-state index < -0.39 is 64.8 Å². The fourth-order valence-electron chi connectivity index (χ4n) is 2.54. The number of ether oxygens (including phenoxy) is 2. The van der Waals surface area contributed by atoms with Crippen molar-refractivity contribution in [3.05, 3.63) is 0 Å². The van der Waals surface area contributed by atoms with Gasteiger partial charge in [-0.2, -0.15) is 17.6 Å². The van der Waals surface area contributed by atoms with Crippen molar-refractivity contribution in [2.45, 2.75) is 24.0 Å². The molecule has 0 radical (unpaired) electrons. The molecule has 4 unspecified atom stereocenters. The van der Waals surface area contributed by atoms with Crippen molar-refractivity contribution >= 4 is 23.0 Å². The summed E-state index contributed by atoms with van der Waals surface area (Å²) >= 11 is -4.40. The van der Waals surface area contributed by atoms with Gasteiger partial charge in [0.2, 0.25) is 0 Å². The topological polar surface area (TPSA) is 92.7 Å². The molecule has 0 bridgehead atoms. The van der Waals surface area contributed by atoms with Gasteiger partial charge in [0.15, 0.2) is 0 Å². The van der Waals surface area contributed by atoms with Crippen LogP contribution >= 0.6 is 0 Å². The van der Waals surface area contributed by atoms with E-state index in [1.165, 1.54) is 0 Å². The van der Waals surface area contributed by atoms with E-state index in [4.69, 9.17) is 0 Å². The first kappa shape index (κ1) is 22.8. The van der Waals surface area contributed by atoms with Crippen LogP contribution in [-0.4, -0.2) is 46.1 Å². The van der Waals surface area contributed by atoms with Gasteiger partial charge >= 0.3 is 52.7 Å². The van der Waals surface area contributed by atoms with Crippen LogP contribution in [0.1, 0.15) is 12.8 Å². The fourth-order valence-corrected chi connectivity index (χ4v) is 2.91. The molecule has 0 aliphatic heterocycles. The molecule has 0 amide bonds. The fraction of sp³-hybridized carbons (Fsp3) is 0.818. The van der Waals surface area contributed by atoms with Crippen LogP contribution in [0.15, 0.2) is 0 Å². The minimum atomic E-state index is -5.38. The molecular weight excluding hydrogens is 359 g/mol. The Hall–Kier alpha value is -0.230. The van der Waals surface area contributed by atoms with Gasteiger partial charge in [0.1, 0.15) is 0 Å². The van der Waals surface area contributed by atoms with E-state index >= 15 is 0 Å². The van der Waals surface area contributed by atoms with E-state index in [2.05, 4.69) is 9.47 Å². The van der Waals surface area contributed by atoms with Crippen LogP contribution in [0, 0.1) is 17.8 Å². The van der Waals surface area contributed by atoms with Gasteiger partial charge < -0.3 is 14.0 Å². The van der Waals surface area contributed by atoms with Crippen LogP contribution in [-0.2, 0) is 30.1 Å². The Morgan fingerprint density at radius 1 is 1.09 bits per heavy atom. The third-order valence-corrected chi connectivity index (χ3v) is 4.35. The predicted octanol–water partition coefficient (Wildman–Crippen LogP) is -1.91. The Kier molecular flexibility index (Phi) is 8.15. The standard InChI is InChI=1S/C11H14F4O6S.Na/c1-20-8(16)5-3-6(9(17)21-2)7(4-5)10(12,13)11(14,15)22(18)19;/h5-7H,3-4H2,1-2H3,(H,18,19);/q;+1/p-1. The van der Waals surface area contributed by atoms with Crippen LogP contribution in [0.2, 0.25) is 0 Å². The second kappa shape index (κ2) is 8.24. The van der Waals surface area contributed by atoms with Gasteiger partial charge in [0.25, 0.3) is 0 Å². The largest absolute Gasteiger partial charge is 1.00 e. The zero-order valence-electron chi connectivity index (χ0n) is 12.5. The van der Waals surface area contributed by atoms with Crippen molar-refractivity contribution in [2.75, 3.05) is 14.2 Å². The van der Waals surface area contributed by atoms with Crippen molar-refractivity contribution in [3.63, 3.8) is 0 Å². The number of hydrogen-bond donors (Lipinski definition) is 0. The Morgan fingerprint density at radius 3 is 1.96 bits per heavy atom. The minimum absolute atomic E-state index is 0. The second-order valence-corrected chi connectivity index (χ2v) is 5.78. The molecular formula is C11H13F4NaO6S. The molecule has 1 rings (SSSR count). The molecule has 0 aromatic heterocycles. The zero-order chi connectivity index (χ0) is 17.3. The summed E-state index contributed by atoms with van der Waals surface area (Å²) in [5, 5.41) is -5.38. The first-order valence-corrected chi connectivity index (χ1v) is 7.08. The Labute approximate surface area is 153 Å². The molecule has 1 aliphatic rings. The monoisotopic (exact) mass is 372 g/mol. The summed E-state index contributed by atoms with van der Waals surface area (Å²) in [6.07, 6.45) is -1.30. The first-order chi connectivity index (χ1) is 10.0. The summed E-state index contributed by atoms with van der Waals surface area (Å²) in [5.41, 5.74) is 0. The van der Waals surface area contributed by atoms with Gasteiger partial charge in [0.05, 0.1) is 26.1 Å². The summed E-state index contributed by atoms with van der Waals surface area (Å²) in [7, 11) is 1.84. The van der Waals surface area contributed by atoms with Crippen molar-refractivity contribution in [1.82, 2.24) is 0 Å². The first-order valence-electron chi connectivity index (χ1n) is 6.01. The van der Waals surface area contributed by atoms with Crippen molar-refractivity contribution in [2.24, 2.45) is 17.8 Å². The van der Waals surface area contributed by atoms with E-state index in [0.717, 1.165) is 14.2 Å². The predicted molar refractivity (Wildman–Crippen MR) is 62.5 cm³/mol. The van der Waals surface area contributed by atoms with E-state index in [1.54, 1.807) is 0 Å². The van der Waals surface area contributed by atoms with Gasteiger partial charge in [-0.3, -0.25) is 13.8 Å². The molecule has 6 nitrogen and oxygen atoms in total. The third kappa shape index (κ3) is 4.25. The molecule has 128 valence electrons. The number of halogens is 4. The molecule has 1 aliphatic carbocycles. The summed E-state index contributed by atoms with van der Waals surface area (Å²) in [5.74, 6) is -12.5. The van der Waals surface area contributed by atoms with E-state index in [9.17, 15) is 35.9 Å². The van der Waals surface area contributed by atoms with Gasteiger partial charge in [-0.15, -0.1) is 0 Å². The SMILES string of the molecule is COC(=O)C1CC(C(=O)OC)C(C(F)(F)C(F)(F)S(=O)[O-])C1.[Na+]. The number of rotatable bonds is 5. The normalized spacial score (nSPS) is 26.1. The molecule has 0 heterocycles. The molecule has 0 aromatic rings. The van der Waals surface area contributed by atoms with Crippen molar-refractivity contribution in [1.29, 1.82) is 0 Å². The molecule has 12 heteroatoms. The molecule has 0 spiro atoms. The third-order valence-electron chi connectivity index (χ3n) is 3.66.